The van der Waals surface area contributed by atoms with Gasteiger partial charge >= 0.3 is 0 Å². The van der Waals surface area contributed by atoms with Gasteiger partial charge in [-0.05, 0) is 55.7 Å². The molecule has 1 saturated heterocycles. The fourth-order valence-electron chi connectivity index (χ4n) is 4.66. The van der Waals surface area contributed by atoms with Crippen LogP contribution in [0.2, 0.25) is 10.0 Å². The van der Waals surface area contributed by atoms with Gasteiger partial charge in [-0.25, -0.2) is 9.50 Å². The number of aryl methyl sites for hydroxylation is 1. The summed E-state index contributed by atoms with van der Waals surface area (Å²) in [5.41, 5.74) is 7.23. The van der Waals surface area contributed by atoms with E-state index in [1.807, 2.05) is 72.2 Å². The Morgan fingerprint density at radius 3 is 2.31 bits per heavy atom. The van der Waals surface area contributed by atoms with Crippen LogP contribution in [0.15, 0.2) is 72.9 Å². The zero-order chi connectivity index (χ0) is 23.9. The number of anilines is 1. The Morgan fingerprint density at radius 2 is 1.60 bits per heavy atom. The first kappa shape index (κ1) is 22.1. The number of benzene rings is 2. The highest BCUT2D eigenvalue weighted by atomic mass is 35.5. The van der Waals surface area contributed by atoms with E-state index in [-0.39, 0.29) is 0 Å². The van der Waals surface area contributed by atoms with Crippen LogP contribution in [-0.4, -0.2) is 32.7 Å². The molecule has 5 nitrogen and oxygen atoms in total. The van der Waals surface area contributed by atoms with Crippen molar-refractivity contribution >= 4 is 34.7 Å². The van der Waals surface area contributed by atoms with Crippen molar-refractivity contribution in [3.8, 4) is 33.6 Å². The predicted octanol–water partition coefficient (Wildman–Crippen LogP) is 7.34. The smallest absolute Gasteiger partial charge is 0.166 e. The summed E-state index contributed by atoms with van der Waals surface area (Å²) in [5, 5.41) is 6.42. The molecule has 5 aromatic rings. The highest BCUT2D eigenvalue weighted by Crippen LogP contribution is 2.40. The summed E-state index contributed by atoms with van der Waals surface area (Å²) in [6.45, 7) is 3.98. The van der Waals surface area contributed by atoms with Crippen LogP contribution in [-0.2, 0) is 0 Å². The van der Waals surface area contributed by atoms with E-state index in [9.17, 15) is 0 Å². The number of nitrogens with zero attached hydrogens (tertiary/aromatic N) is 5. The fraction of sp³-hybridized carbons (Fsp3) is 0.179. The third kappa shape index (κ3) is 4.05. The van der Waals surface area contributed by atoms with Crippen molar-refractivity contribution in [1.82, 2.24) is 19.6 Å². The maximum Gasteiger partial charge on any atom is 0.166 e. The van der Waals surface area contributed by atoms with Gasteiger partial charge in [0.1, 0.15) is 11.5 Å². The molecule has 0 bridgehead atoms. The van der Waals surface area contributed by atoms with Crippen LogP contribution in [0.3, 0.4) is 0 Å². The Hall–Kier alpha value is -3.41. The van der Waals surface area contributed by atoms with Crippen LogP contribution in [0, 0.1) is 6.92 Å². The van der Waals surface area contributed by atoms with Crippen molar-refractivity contribution in [2.75, 3.05) is 18.0 Å². The van der Waals surface area contributed by atoms with Crippen molar-refractivity contribution in [3.05, 3.63) is 88.7 Å². The molecule has 35 heavy (non-hydrogen) atoms. The van der Waals surface area contributed by atoms with E-state index in [0.717, 1.165) is 63.9 Å². The molecule has 3 aromatic heterocycles. The lowest BCUT2D eigenvalue weighted by Crippen LogP contribution is -2.19. The number of fused-ring (bicyclic) bond motifs is 1. The molecule has 174 valence electrons. The molecular formula is C28H23Cl2N5. The van der Waals surface area contributed by atoms with Gasteiger partial charge in [-0.2, -0.15) is 5.10 Å². The largest absolute Gasteiger partial charge is 0.356 e. The van der Waals surface area contributed by atoms with Crippen molar-refractivity contribution < 1.29 is 0 Å². The van der Waals surface area contributed by atoms with Crippen molar-refractivity contribution in [2.24, 2.45) is 0 Å². The zero-order valence-corrected chi connectivity index (χ0v) is 20.8. The van der Waals surface area contributed by atoms with E-state index in [1.165, 1.54) is 12.8 Å². The van der Waals surface area contributed by atoms with Crippen molar-refractivity contribution in [3.63, 3.8) is 0 Å². The molecular weight excluding hydrogens is 477 g/mol. The number of hydrogen-bond donors (Lipinski definition) is 0. The molecule has 0 amide bonds. The summed E-state index contributed by atoms with van der Waals surface area (Å²) in [7, 11) is 0. The number of hydrogen-bond acceptors (Lipinski definition) is 4. The van der Waals surface area contributed by atoms with Gasteiger partial charge in [0.25, 0.3) is 0 Å². The van der Waals surface area contributed by atoms with Gasteiger partial charge in [-0.1, -0.05) is 53.5 Å². The lowest BCUT2D eigenvalue weighted by atomic mass is 10.0. The topological polar surface area (TPSA) is 46.3 Å². The first-order valence-electron chi connectivity index (χ1n) is 11.7. The standard InChI is InChI=1S/C28H23Cl2N5/c1-18-8-9-20(17-31-18)24-16-25(34-14-4-5-15-34)32-28-26(19-10-12-21(29)13-11-19)27(33-35(24)28)22-6-2-3-7-23(22)30/h2-3,6-13,16-17H,4-5,14-15H2,1H3. The average Bonchev–Trinajstić information content (AvgIpc) is 3.53. The molecule has 2 aromatic carbocycles. The van der Waals surface area contributed by atoms with Crippen LogP contribution >= 0.6 is 23.2 Å². The van der Waals surface area contributed by atoms with Gasteiger partial charge in [0, 0.05) is 47.2 Å². The van der Waals surface area contributed by atoms with Crippen LogP contribution in [0.1, 0.15) is 18.5 Å². The zero-order valence-electron chi connectivity index (χ0n) is 19.2. The normalized spacial score (nSPS) is 13.6. The summed E-state index contributed by atoms with van der Waals surface area (Å²) in [6, 6.07) is 21.8. The first-order chi connectivity index (χ1) is 17.1. The molecule has 0 aliphatic carbocycles. The second-order valence-corrected chi connectivity index (χ2v) is 9.67. The van der Waals surface area contributed by atoms with Crippen LogP contribution in [0.4, 0.5) is 5.82 Å². The lowest BCUT2D eigenvalue weighted by Gasteiger charge is -2.18. The second-order valence-electron chi connectivity index (χ2n) is 8.83. The number of halogens is 2. The van der Waals surface area contributed by atoms with E-state index in [2.05, 4.69) is 22.0 Å². The summed E-state index contributed by atoms with van der Waals surface area (Å²) in [4.78, 5) is 12.1. The molecule has 0 unspecified atom stereocenters. The molecule has 0 atom stereocenters. The maximum atomic E-state index is 6.67. The minimum Gasteiger partial charge on any atom is -0.356 e. The fourth-order valence-corrected chi connectivity index (χ4v) is 5.01. The molecule has 1 fully saturated rings. The average molecular weight is 500 g/mol. The predicted molar refractivity (Wildman–Crippen MR) is 143 cm³/mol. The van der Waals surface area contributed by atoms with E-state index in [1.54, 1.807) is 0 Å². The molecule has 6 rings (SSSR count). The van der Waals surface area contributed by atoms with Crippen LogP contribution in [0.25, 0.3) is 39.3 Å². The Labute approximate surface area is 214 Å². The van der Waals surface area contributed by atoms with Crippen molar-refractivity contribution in [2.45, 2.75) is 19.8 Å². The highest BCUT2D eigenvalue weighted by Gasteiger charge is 2.24. The van der Waals surface area contributed by atoms with Gasteiger partial charge in [0.2, 0.25) is 0 Å². The SMILES string of the molecule is Cc1ccc(-c2cc(N3CCCC3)nc3c(-c4ccc(Cl)cc4)c(-c4ccccc4Cl)nn23)cn1. The Morgan fingerprint density at radius 1 is 0.857 bits per heavy atom. The van der Waals surface area contributed by atoms with E-state index in [4.69, 9.17) is 33.3 Å². The second kappa shape index (κ2) is 8.99. The van der Waals surface area contributed by atoms with E-state index in [0.29, 0.717) is 10.0 Å². The Kier molecular flexibility index (Phi) is 5.67. The minimum atomic E-state index is 0.643. The van der Waals surface area contributed by atoms with E-state index >= 15 is 0 Å². The van der Waals surface area contributed by atoms with Gasteiger partial charge in [0.15, 0.2) is 5.65 Å². The third-order valence-electron chi connectivity index (χ3n) is 6.47. The van der Waals surface area contributed by atoms with E-state index < -0.39 is 0 Å². The summed E-state index contributed by atoms with van der Waals surface area (Å²) >= 11 is 12.9. The summed E-state index contributed by atoms with van der Waals surface area (Å²) < 4.78 is 1.93. The lowest BCUT2D eigenvalue weighted by molar-refractivity contribution is 0.905. The summed E-state index contributed by atoms with van der Waals surface area (Å²) in [6.07, 6.45) is 4.24. The Bertz CT molecular complexity index is 1520. The van der Waals surface area contributed by atoms with Gasteiger partial charge in [-0.3, -0.25) is 4.98 Å². The number of aromatic nitrogens is 4. The summed E-state index contributed by atoms with van der Waals surface area (Å²) in [5.74, 6) is 0.950. The van der Waals surface area contributed by atoms with Crippen molar-refractivity contribution in [1.29, 1.82) is 0 Å². The molecule has 4 heterocycles. The molecule has 0 radical (unpaired) electrons. The Balaban J connectivity index is 1.70. The molecule has 1 aliphatic heterocycles. The molecule has 0 N–H and O–H groups in total. The minimum absolute atomic E-state index is 0.643. The first-order valence-corrected chi connectivity index (χ1v) is 12.5. The molecule has 7 heteroatoms. The number of pyridine rings is 1. The van der Waals surface area contributed by atoms with Crippen LogP contribution in [0.5, 0.6) is 0 Å². The quantitative estimate of drug-likeness (QED) is 0.259. The monoisotopic (exact) mass is 499 g/mol. The highest BCUT2D eigenvalue weighted by molar-refractivity contribution is 6.33. The third-order valence-corrected chi connectivity index (χ3v) is 7.06. The number of rotatable bonds is 4. The molecule has 0 spiro atoms. The van der Waals surface area contributed by atoms with Gasteiger partial charge in [-0.15, -0.1) is 0 Å². The van der Waals surface area contributed by atoms with Gasteiger partial charge < -0.3 is 4.90 Å². The van der Waals surface area contributed by atoms with Crippen LogP contribution < -0.4 is 4.90 Å². The molecule has 0 saturated carbocycles. The molecule has 1 aliphatic rings. The maximum absolute atomic E-state index is 6.67. The van der Waals surface area contributed by atoms with Gasteiger partial charge in [0.05, 0.1) is 16.3 Å².